The summed E-state index contributed by atoms with van der Waals surface area (Å²) in [5.74, 6) is 0.810. The molecule has 0 unspecified atom stereocenters. The van der Waals surface area contributed by atoms with Crippen molar-refractivity contribution >= 4 is 5.96 Å². The van der Waals surface area contributed by atoms with Crippen LogP contribution in [0.25, 0.3) is 0 Å². The van der Waals surface area contributed by atoms with E-state index in [1.807, 2.05) is 24.4 Å². The molecule has 0 aliphatic heterocycles. The second-order valence-electron chi connectivity index (χ2n) is 6.65. The zero-order valence-electron chi connectivity index (χ0n) is 16.4. The quantitative estimate of drug-likeness (QED) is 0.565. The summed E-state index contributed by atoms with van der Waals surface area (Å²) < 4.78 is 0. The van der Waals surface area contributed by atoms with Crippen molar-refractivity contribution in [3.63, 3.8) is 0 Å². The van der Waals surface area contributed by atoms with E-state index in [-0.39, 0.29) is 0 Å². The second-order valence-corrected chi connectivity index (χ2v) is 6.65. The highest BCUT2D eigenvalue weighted by molar-refractivity contribution is 5.79. The Morgan fingerprint density at radius 3 is 2.46 bits per heavy atom. The lowest BCUT2D eigenvalue weighted by atomic mass is 10.1. The number of nitrogens with zero attached hydrogens (tertiary/aromatic N) is 3. The van der Waals surface area contributed by atoms with Gasteiger partial charge >= 0.3 is 0 Å². The summed E-state index contributed by atoms with van der Waals surface area (Å²) in [7, 11) is 2.16. The maximum atomic E-state index is 4.76. The van der Waals surface area contributed by atoms with Gasteiger partial charge in [-0.15, -0.1) is 0 Å². The van der Waals surface area contributed by atoms with E-state index in [4.69, 9.17) is 4.99 Å². The molecule has 5 heteroatoms. The third-order valence-electron chi connectivity index (χ3n) is 4.33. The molecule has 0 aliphatic rings. The van der Waals surface area contributed by atoms with Gasteiger partial charge in [0.1, 0.15) is 0 Å². The zero-order valence-corrected chi connectivity index (χ0v) is 16.4. The van der Waals surface area contributed by atoms with E-state index in [0.29, 0.717) is 19.1 Å². The predicted molar refractivity (Wildman–Crippen MR) is 109 cm³/mol. The average Bonchev–Trinajstić information content (AvgIpc) is 2.65. The summed E-state index contributed by atoms with van der Waals surface area (Å²) in [5.41, 5.74) is 3.58. The summed E-state index contributed by atoms with van der Waals surface area (Å²) >= 11 is 0. The second kappa shape index (κ2) is 10.6. The number of guanidine groups is 1. The van der Waals surface area contributed by atoms with Crippen LogP contribution in [-0.4, -0.2) is 35.5 Å². The fraction of sp³-hybridized carbons (Fsp3) is 0.429. The van der Waals surface area contributed by atoms with Crippen LogP contribution in [-0.2, 0) is 19.6 Å². The van der Waals surface area contributed by atoms with E-state index >= 15 is 0 Å². The molecule has 26 heavy (non-hydrogen) atoms. The number of aromatic nitrogens is 1. The summed E-state index contributed by atoms with van der Waals surface area (Å²) in [6.07, 6.45) is 1.81. The van der Waals surface area contributed by atoms with Crippen molar-refractivity contribution < 1.29 is 0 Å². The number of pyridine rings is 1. The van der Waals surface area contributed by atoms with Crippen LogP contribution in [0, 0.1) is 0 Å². The third-order valence-corrected chi connectivity index (χ3v) is 4.33. The van der Waals surface area contributed by atoms with E-state index in [1.165, 1.54) is 11.1 Å². The van der Waals surface area contributed by atoms with Crippen molar-refractivity contribution in [1.29, 1.82) is 0 Å². The molecule has 0 spiro atoms. The first-order chi connectivity index (χ1) is 12.6. The minimum Gasteiger partial charge on any atom is -0.357 e. The van der Waals surface area contributed by atoms with Gasteiger partial charge in [-0.2, -0.15) is 0 Å². The first kappa shape index (κ1) is 19.9. The average molecular weight is 354 g/mol. The zero-order chi connectivity index (χ0) is 18.8. The third kappa shape index (κ3) is 6.48. The summed E-state index contributed by atoms with van der Waals surface area (Å²) in [4.78, 5) is 11.4. The van der Waals surface area contributed by atoms with Gasteiger partial charge in [-0.25, -0.2) is 4.99 Å². The molecule has 0 fully saturated rings. The largest absolute Gasteiger partial charge is 0.357 e. The van der Waals surface area contributed by atoms with Crippen LogP contribution in [0.5, 0.6) is 0 Å². The van der Waals surface area contributed by atoms with Gasteiger partial charge in [0.05, 0.1) is 18.8 Å². The van der Waals surface area contributed by atoms with Crippen molar-refractivity contribution in [3.8, 4) is 0 Å². The van der Waals surface area contributed by atoms with Crippen molar-refractivity contribution in [2.45, 2.75) is 46.4 Å². The molecule has 1 heterocycles. The molecule has 0 amide bonds. The Labute approximate surface area is 157 Å². The van der Waals surface area contributed by atoms with Crippen LogP contribution in [0.15, 0.2) is 53.7 Å². The molecule has 140 valence electrons. The van der Waals surface area contributed by atoms with Gasteiger partial charge in [0, 0.05) is 25.3 Å². The number of rotatable bonds is 8. The van der Waals surface area contributed by atoms with Crippen LogP contribution in [0.2, 0.25) is 0 Å². The van der Waals surface area contributed by atoms with Crippen LogP contribution in [0.3, 0.4) is 0 Å². The first-order valence-corrected chi connectivity index (χ1v) is 9.29. The van der Waals surface area contributed by atoms with E-state index in [0.717, 1.165) is 24.7 Å². The highest BCUT2D eigenvalue weighted by Gasteiger charge is 2.08. The van der Waals surface area contributed by atoms with Gasteiger partial charge in [-0.1, -0.05) is 30.3 Å². The summed E-state index contributed by atoms with van der Waals surface area (Å²) in [5, 5.41) is 6.65. The van der Waals surface area contributed by atoms with Gasteiger partial charge in [-0.3, -0.25) is 9.88 Å². The van der Waals surface area contributed by atoms with Crippen LogP contribution in [0.4, 0.5) is 0 Å². The van der Waals surface area contributed by atoms with Gasteiger partial charge in [0.15, 0.2) is 5.96 Å². The van der Waals surface area contributed by atoms with E-state index in [9.17, 15) is 0 Å². The van der Waals surface area contributed by atoms with Crippen LogP contribution >= 0.6 is 0 Å². The first-order valence-electron chi connectivity index (χ1n) is 9.29. The normalized spacial score (nSPS) is 11.8. The molecule has 1 aromatic carbocycles. The van der Waals surface area contributed by atoms with Crippen molar-refractivity contribution in [2.24, 2.45) is 4.99 Å². The molecular formula is C21H31N5. The Morgan fingerprint density at radius 2 is 1.81 bits per heavy atom. The van der Waals surface area contributed by atoms with Gasteiger partial charge in [0.2, 0.25) is 0 Å². The molecule has 0 saturated heterocycles. The Bertz CT molecular complexity index is 682. The predicted octanol–water partition coefficient (Wildman–Crippen LogP) is 3.18. The molecule has 5 nitrogen and oxygen atoms in total. The fourth-order valence-electron chi connectivity index (χ4n) is 2.50. The van der Waals surface area contributed by atoms with Crippen molar-refractivity contribution in [3.05, 3.63) is 65.5 Å². The number of nitrogens with one attached hydrogen (secondary N) is 2. The fourth-order valence-corrected chi connectivity index (χ4v) is 2.50. The minimum atomic E-state index is 0.518. The maximum absolute atomic E-state index is 4.76. The summed E-state index contributed by atoms with van der Waals surface area (Å²) in [6.45, 7) is 9.57. The Morgan fingerprint density at radius 1 is 1.08 bits per heavy atom. The van der Waals surface area contributed by atoms with Crippen molar-refractivity contribution in [1.82, 2.24) is 20.5 Å². The lowest BCUT2D eigenvalue weighted by molar-refractivity contribution is 0.265. The summed E-state index contributed by atoms with van der Waals surface area (Å²) in [6, 6.07) is 15.0. The van der Waals surface area contributed by atoms with Crippen molar-refractivity contribution in [2.75, 3.05) is 13.6 Å². The lowest BCUT2D eigenvalue weighted by Gasteiger charge is -2.22. The topological polar surface area (TPSA) is 52.6 Å². The molecule has 0 radical (unpaired) electrons. The number of hydrogen-bond acceptors (Lipinski definition) is 3. The van der Waals surface area contributed by atoms with Gasteiger partial charge in [-0.05, 0) is 51.1 Å². The Balaban J connectivity index is 2.04. The molecule has 0 bridgehead atoms. The number of benzene rings is 1. The molecule has 2 rings (SSSR count). The number of hydrogen-bond donors (Lipinski definition) is 2. The van der Waals surface area contributed by atoms with Crippen LogP contribution in [0.1, 0.15) is 37.6 Å². The maximum Gasteiger partial charge on any atom is 0.191 e. The lowest BCUT2D eigenvalue weighted by Crippen LogP contribution is -2.37. The highest BCUT2D eigenvalue weighted by Crippen LogP contribution is 2.13. The van der Waals surface area contributed by atoms with E-state index < -0.39 is 0 Å². The molecular weight excluding hydrogens is 322 g/mol. The molecule has 1 aromatic heterocycles. The number of aliphatic imine (C=N–C) groups is 1. The SMILES string of the molecule is CCNC(=NCc1ccccc1CN(C)C(C)C)NCc1ccccn1. The molecule has 2 N–H and O–H groups in total. The van der Waals surface area contributed by atoms with E-state index in [1.54, 1.807) is 0 Å². The Hall–Kier alpha value is -2.40. The van der Waals surface area contributed by atoms with Gasteiger partial charge < -0.3 is 10.6 Å². The standard InChI is InChI=1S/C21H31N5/c1-5-22-21(25-15-20-12-8-9-13-23-20)24-14-18-10-6-7-11-19(18)16-26(4)17(2)3/h6-13,17H,5,14-16H2,1-4H3,(H2,22,24,25). The monoisotopic (exact) mass is 353 g/mol. The van der Waals surface area contributed by atoms with Crippen LogP contribution < -0.4 is 10.6 Å². The molecule has 0 atom stereocenters. The highest BCUT2D eigenvalue weighted by atomic mass is 15.2. The Kier molecular flexibility index (Phi) is 8.09. The van der Waals surface area contributed by atoms with E-state index in [2.05, 4.69) is 72.6 Å². The minimum absolute atomic E-state index is 0.518. The molecule has 0 saturated carbocycles. The molecule has 2 aromatic rings. The molecule has 0 aliphatic carbocycles. The smallest absolute Gasteiger partial charge is 0.191 e. The van der Waals surface area contributed by atoms with Gasteiger partial charge in [0.25, 0.3) is 0 Å².